The number of nitrogens with one attached hydrogen (secondary N) is 2. The van der Waals surface area contributed by atoms with Crippen molar-refractivity contribution in [3.8, 4) is 12.3 Å². The van der Waals surface area contributed by atoms with Crippen molar-refractivity contribution in [2.75, 3.05) is 17.2 Å². The second-order valence-corrected chi connectivity index (χ2v) is 8.13. The number of fused-ring (bicyclic) bond motifs is 1. The average Bonchev–Trinajstić information content (AvgIpc) is 2.81. The van der Waals surface area contributed by atoms with Crippen LogP contribution in [0.15, 0.2) is 41.2 Å². The first-order valence-electron chi connectivity index (χ1n) is 10.9. The molecule has 2 aromatic carbocycles. The smallest absolute Gasteiger partial charge is 0.326 e. The molecule has 3 rings (SSSR count). The van der Waals surface area contributed by atoms with Crippen molar-refractivity contribution in [3.05, 3.63) is 63.7 Å². The van der Waals surface area contributed by atoms with Gasteiger partial charge in [-0.3, -0.25) is 14.4 Å². The topological polar surface area (TPSA) is 179 Å². The number of benzene rings is 2. The molecule has 0 fully saturated rings. The van der Waals surface area contributed by atoms with Crippen molar-refractivity contribution in [3.63, 3.8) is 0 Å². The molecule has 6 N–H and O–H groups in total. The summed E-state index contributed by atoms with van der Waals surface area (Å²) in [5.41, 5.74) is 7.97. The van der Waals surface area contributed by atoms with E-state index in [2.05, 4.69) is 21.2 Å². The fraction of sp³-hybridized carbons (Fsp3) is 0.240. The van der Waals surface area contributed by atoms with Crippen LogP contribution in [-0.2, 0) is 16.1 Å². The van der Waals surface area contributed by atoms with E-state index in [1.807, 2.05) is 11.0 Å². The highest BCUT2D eigenvalue weighted by Gasteiger charge is 2.23. The van der Waals surface area contributed by atoms with Crippen LogP contribution in [0.3, 0.4) is 0 Å². The number of carbonyl (C=O) groups excluding carboxylic acids is 1. The highest BCUT2D eigenvalue weighted by atomic mass is 16.4. The van der Waals surface area contributed by atoms with E-state index in [9.17, 15) is 24.3 Å². The summed E-state index contributed by atoms with van der Waals surface area (Å²) in [5, 5.41) is 20.8. The van der Waals surface area contributed by atoms with Gasteiger partial charge in [0.15, 0.2) is 0 Å². The highest BCUT2D eigenvalue weighted by molar-refractivity contribution is 6.01. The van der Waals surface area contributed by atoms with Gasteiger partial charge in [-0.15, -0.1) is 6.42 Å². The van der Waals surface area contributed by atoms with E-state index >= 15 is 0 Å². The van der Waals surface area contributed by atoms with Gasteiger partial charge in [-0.25, -0.2) is 9.78 Å². The number of H-pyrrole nitrogens is 1. The van der Waals surface area contributed by atoms with Crippen LogP contribution < -0.4 is 21.5 Å². The summed E-state index contributed by atoms with van der Waals surface area (Å²) < 4.78 is 0. The second-order valence-electron chi connectivity index (χ2n) is 8.13. The van der Waals surface area contributed by atoms with Crippen molar-refractivity contribution < 1.29 is 24.6 Å². The molecule has 1 heterocycles. The standard InChI is InChI=1S/C25H25N5O6/c1-3-10-30(13-15-4-7-20-18(11-15)24(34)28-14(2)27-20)16-5-6-17(19(26)12-16)23(33)29-21(25(35)36)8-9-22(31)32/h1,4-7,11-12,21H,8-10,13,26H2,2H3,(H,29,33)(H,31,32)(H,35,36)(H,27,28,34). The Kier molecular flexibility index (Phi) is 7.91. The van der Waals surface area contributed by atoms with Gasteiger partial charge in [-0.05, 0) is 49.2 Å². The van der Waals surface area contributed by atoms with Gasteiger partial charge in [-0.2, -0.15) is 0 Å². The van der Waals surface area contributed by atoms with Crippen LogP contribution in [-0.4, -0.2) is 50.6 Å². The van der Waals surface area contributed by atoms with Crippen molar-refractivity contribution >= 4 is 40.1 Å². The maximum absolute atomic E-state index is 12.6. The van der Waals surface area contributed by atoms with E-state index in [1.54, 1.807) is 25.1 Å². The molecule has 186 valence electrons. The minimum Gasteiger partial charge on any atom is -0.481 e. The molecule has 36 heavy (non-hydrogen) atoms. The quantitative estimate of drug-likeness (QED) is 0.207. The normalized spacial score (nSPS) is 11.4. The Morgan fingerprint density at radius 3 is 2.61 bits per heavy atom. The van der Waals surface area contributed by atoms with Gasteiger partial charge < -0.3 is 31.1 Å². The number of carbonyl (C=O) groups is 3. The Labute approximate surface area is 206 Å². The summed E-state index contributed by atoms with van der Waals surface area (Å²) in [6, 6.07) is 8.56. The van der Waals surface area contributed by atoms with E-state index in [4.69, 9.17) is 17.3 Å². The number of nitrogens with zero attached hydrogens (tertiary/aromatic N) is 2. The Morgan fingerprint density at radius 2 is 1.97 bits per heavy atom. The number of carboxylic acids is 2. The van der Waals surface area contributed by atoms with Gasteiger partial charge in [0, 0.05) is 24.3 Å². The molecule has 1 amide bonds. The Hall–Kier alpha value is -4.85. The van der Waals surface area contributed by atoms with E-state index in [1.165, 1.54) is 12.1 Å². The fourth-order valence-corrected chi connectivity index (χ4v) is 3.69. The number of nitrogens with two attached hydrogens (primary N) is 1. The van der Waals surface area contributed by atoms with E-state index < -0.39 is 30.3 Å². The zero-order valence-corrected chi connectivity index (χ0v) is 19.4. The first-order chi connectivity index (χ1) is 17.1. The Balaban J connectivity index is 1.82. The summed E-state index contributed by atoms with van der Waals surface area (Å²) in [7, 11) is 0. The molecule has 1 unspecified atom stereocenters. The zero-order valence-electron chi connectivity index (χ0n) is 19.4. The van der Waals surface area contributed by atoms with Gasteiger partial charge in [-0.1, -0.05) is 12.0 Å². The predicted octanol–water partition coefficient (Wildman–Crippen LogP) is 1.50. The number of aromatic nitrogens is 2. The first kappa shape index (κ1) is 25.8. The molecule has 3 aromatic rings. The third-order valence-electron chi connectivity index (χ3n) is 5.44. The molecule has 0 spiro atoms. The summed E-state index contributed by atoms with van der Waals surface area (Å²) >= 11 is 0. The minimum atomic E-state index is -1.38. The SMILES string of the molecule is C#CCN(Cc1ccc2nc(C)[nH]c(=O)c2c1)c1ccc(C(=O)NC(CCC(=O)O)C(=O)O)c(N)c1. The minimum absolute atomic E-state index is 0.0414. The third-order valence-corrected chi connectivity index (χ3v) is 5.44. The van der Waals surface area contributed by atoms with Gasteiger partial charge in [0.05, 0.1) is 23.0 Å². The Bertz CT molecular complexity index is 1420. The van der Waals surface area contributed by atoms with Crippen molar-refractivity contribution in [1.82, 2.24) is 15.3 Å². The van der Waals surface area contributed by atoms with E-state index in [0.29, 0.717) is 29.0 Å². The number of aromatic amines is 1. The summed E-state index contributed by atoms with van der Waals surface area (Å²) in [4.78, 5) is 55.9. The molecule has 0 aliphatic heterocycles. The fourth-order valence-electron chi connectivity index (χ4n) is 3.69. The Morgan fingerprint density at radius 1 is 1.22 bits per heavy atom. The molecule has 11 heteroatoms. The van der Waals surface area contributed by atoms with Crippen LogP contribution in [0, 0.1) is 19.3 Å². The second kappa shape index (κ2) is 11.1. The number of anilines is 2. The molecular formula is C25H25N5O6. The number of aryl methyl sites for hydroxylation is 1. The molecule has 0 saturated carbocycles. The largest absolute Gasteiger partial charge is 0.481 e. The summed E-state index contributed by atoms with van der Waals surface area (Å²) in [5.74, 6) is -0.165. The number of hydrogen-bond donors (Lipinski definition) is 5. The zero-order chi connectivity index (χ0) is 26.4. The predicted molar refractivity (Wildman–Crippen MR) is 134 cm³/mol. The first-order valence-corrected chi connectivity index (χ1v) is 10.9. The highest BCUT2D eigenvalue weighted by Crippen LogP contribution is 2.24. The summed E-state index contributed by atoms with van der Waals surface area (Å²) in [6.07, 6.45) is 4.87. The molecule has 1 aromatic heterocycles. The third kappa shape index (κ3) is 6.18. The number of rotatable bonds is 10. The molecule has 0 saturated heterocycles. The van der Waals surface area contributed by atoms with Crippen LogP contribution in [0.4, 0.5) is 11.4 Å². The molecule has 0 aliphatic carbocycles. The number of amides is 1. The number of aliphatic carboxylic acids is 2. The van der Waals surface area contributed by atoms with Crippen LogP contribution in [0.25, 0.3) is 10.9 Å². The number of terminal acetylenes is 1. The lowest BCUT2D eigenvalue weighted by atomic mass is 10.1. The van der Waals surface area contributed by atoms with Gasteiger partial charge in [0.2, 0.25) is 0 Å². The van der Waals surface area contributed by atoms with Crippen molar-refractivity contribution in [2.24, 2.45) is 0 Å². The maximum atomic E-state index is 12.6. The van der Waals surface area contributed by atoms with E-state index in [0.717, 1.165) is 5.56 Å². The molecule has 0 bridgehead atoms. The van der Waals surface area contributed by atoms with Crippen LogP contribution in [0.1, 0.15) is 34.6 Å². The van der Waals surface area contributed by atoms with Gasteiger partial charge >= 0.3 is 11.9 Å². The van der Waals surface area contributed by atoms with Gasteiger partial charge in [0.25, 0.3) is 11.5 Å². The van der Waals surface area contributed by atoms with Gasteiger partial charge in [0.1, 0.15) is 11.9 Å². The van der Waals surface area contributed by atoms with E-state index in [-0.39, 0.29) is 29.8 Å². The average molecular weight is 492 g/mol. The maximum Gasteiger partial charge on any atom is 0.326 e. The molecule has 1 atom stereocenters. The molecule has 11 nitrogen and oxygen atoms in total. The molecule has 0 radical (unpaired) electrons. The number of hydrogen-bond acceptors (Lipinski definition) is 7. The summed E-state index contributed by atoms with van der Waals surface area (Å²) in [6.45, 7) is 2.26. The lowest BCUT2D eigenvalue weighted by Gasteiger charge is -2.24. The van der Waals surface area contributed by atoms with Crippen LogP contribution in [0.5, 0.6) is 0 Å². The van der Waals surface area contributed by atoms with Crippen LogP contribution >= 0.6 is 0 Å². The lowest BCUT2D eigenvalue weighted by Crippen LogP contribution is -2.41. The molecular weight excluding hydrogens is 466 g/mol. The van der Waals surface area contributed by atoms with Crippen molar-refractivity contribution in [1.29, 1.82) is 0 Å². The van der Waals surface area contributed by atoms with Crippen molar-refractivity contribution in [2.45, 2.75) is 32.4 Å². The molecule has 0 aliphatic rings. The van der Waals surface area contributed by atoms with Crippen LogP contribution in [0.2, 0.25) is 0 Å². The number of nitrogen functional groups attached to an aromatic ring is 1. The monoisotopic (exact) mass is 491 g/mol. The lowest BCUT2D eigenvalue weighted by molar-refractivity contribution is -0.140. The number of carboxylic acid groups (broad SMARTS) is 2.